The molecule has 0 aliphatic carbocycles. The summed E-state index contributed by atoms with van der Waals surface area (Å²) in [6, 6.07) is 14.4. The van der Waals surface area contributed by atoms with Crippen LogP contribution in [0, 0.1) is 0 Å². The van der Waals surface area contributed by atoms with Crippen molar-refractivity contribution in [2.45, 2.75) is 26.2 Å². The molecule has 0 bridgehead atoms. The lowest BCUT2D eigenvalue weighted by Crippen LogP contribution is -2.28. The SMILES string of the molecule is CCCCN(C)C(=O)c1ccc(C(=O)NCCc2cccc(Cl)c2)cc1. The molecule has 0 aliphatic heterocycles. The van der Waals surface area contributed by atoms with Crippen molar-refractivity contribution < 1.29 is 9.59 Å². The largest absolute Gasteiger partial charge is 0.352 e. The van der Waals surface area contributed by atoms with Crippen molar-refractivity contribution in [2.24, 2.45) is 0 Å². The van der Waals surface area contributed by atoms with E-state index in [1.165, 1.54) is 0 Å². The fourth-order valence-corrected chi connectivity index (χ4v) is 2.81. The number of hydrogen-bond donors (Lipinski definition) is 1. The van der Waals surface area contributed by atoms with Crippen molar-refractivity contribution in [3.63, 3.8) is 0 Å². The molecule has 0 saturated carbocycles. The minimum atomic E-state index is -0.148. The fourth-order valence-electron chi connectivity index (χ4n) is 2.60. The maximum atomic E-state index is 12.3. The van der Waals surface area contributed by atoms with Crippen LogP contribution in [0.15, 0.2) is 48.5 Å². The maximum absolute atomic E-state index is 12.3. The summed E-state index contributed by atoms with van der Waals surface area (Å²) in [4.78, 5) is 26.2. The minimum absolute atomic E-state index is 0.0219. The Labute approximate surface area is 160 Å². The third-order valence-electron chi connectivity index (χ3n) is 4.18. The lowest BCUT2D eigenvalue weighted by atomic mass is 10.1. The van der Waals surface area contributed by atoms with Gasteiger partial charge in [-0.25, -0.2) is 0 Å². The molecule has 0 fully saturated rings. The molecular weight excluding hydrogens is 348 g/mol. The molecule has 0 atom stereocenters. The summed E-state index contributed by atoms with van der Waals surface area (Å²) in [5, 5.41) is 3.58. The summed E-state index contributed by atoms with van der Waals surface area (Å²) in [5.74, 6) is -0.170. The van der Waals surface area contributed by atoms with Gasteiger partial charge in [0.1, 0.15) is 0 Å². The molecule has 2 amide bonds. The predicted octanol–water partition coefficient (Wildman–Crippen LogP) is 4.18. The zero-order valence-electron chi connectivity index (χ0n) is 15.3. The van der Waals surface area contributed by atoms with Crippen LogP contribution in [0.5, 0.6) is 0 Å². The van der Waals surface area contributed by atoms with Gasteiger partial charge in [0, 0.05) is 36.3 Å². The van der Waals surface area contributed by atoms with E-state index < -0.39 is 0 Å². The van der Waals surface area contributed by atoms with Gasteiger partial charge in [0.15, 0.2) is 0 Å². The first-order valence-corrected chi connectivity index (χ1v) is 9.27. The van der Waals surface area contributed by atoms with E-state index in [1.807, 2.05) is 24.3 Å². The molecule has 4 nitrogen and oxygen atoms in total. The first kappa shape index (κ1) is 20.0. The molecule has 0 aliphatic rings. The third kappa shape index (κ3) is 5.88. The van der Waals surface area contributed by atoms with E-state index in [2.05, 4.69) is 12.2 Å². The van der Waals surface area contributed by atoms with E-state index in [1.54, 1.807) is 36.2 Å². The van der Waals surface area contributed by atoms with E-state index in [0.29, 0.717) is 29.1 Å². The normalized spacial score (nSPS) is 10.4. The monoisotopic (exact) mass is 372 g/mol. The van der Waals surface area contributed by atoms with Gasteiger partial charge in [-0.15, -0.1) is 0 Å². The van der Waals surface area contributed by atoms with Crippen LogP contribution in [0.25, 0.3) is 0 Å². The number of carbonyl (C=O) groups excluding carboxylic acids is 2. The molecular formula is C21H25ClN2O2. The molecule has 2 rings (SSSR count). The molecule has 138 valence electrons. The van der Waals surface area contributed by atoms with E-state index >= 15 is 0 Å². The molecule has 0 heterocycles. The molecule has 5 heteroatoms. The second kappa shape index (κ2) is 9.97. The van der Waals surface area contributed by atoms with Crippen molar-refractivity contribution >= 4 is 23.4 Å². The van der Waals surface area contributed by atoms with Gasteiger partial charge in [0.25, 0.3) is 11.8 Å². The van der Waals surface area contributed by atoms with Crippen LogP contribution >= 0.6 is 11.6 Å². The highest BCUT2D eigenvalue weighted by molar-refractivity contribution is 6.30. The molecule has 26 heavy (non-hydrogen) atoms. The number of benzene rings is 2. The van der Waals surface area contributed by atoms with E-state index in [9.17, 15) is 9.59 Å². The highest BCUT2D eigenvalue weighted by Gasteiger charge is 2.12. The highest BCUT2D eigenvalue weighted by atomic mass is 35.5. The lowest BCUT2D eigenvalue weighted by molar-refractivity contribution is 0.0792. The summed E-state index contributed by atoms with van der Waals surface area (Å²) in [6.07, 6.45) is 2.74. The van der Waals surface area contributed by atoms with Crippen LogP contribution in [0.3, 0.4) is 0 Å². The van der Waals surface area contributed by atoms with Crippen LogP contribution in [-0.2, 0) is 6.42 Å². The quantitative estimate of drug-likeness (QED) is 0.755. The molecule has 0 unspecified atom stereocenters. The molecule has 0 spiro atoms. The Balaban J connectivity index is 1.87. The number of amides is 2. The van der Waals surface area contributed by atoms with Crippen LogP contribution in [0.4, 0.5) is 0 Å². The van der Waals surface area contributed by atoms with E-state index in [-0.39, 0.29) is 11.8 Å². The Morgan fingerprint density at radius 2 is 1.77 bits per heavy atom. The summed E-state index contributed by atoms with van der Waals surface area (Å²) < 4.78 is 0. The number of rotatable bonds is 8. The fraction of sp³-hybridized carbons (Fsp3) is 0.333. The van der Waals surface area contributed by atoms with Gasteiger partial charge in [0.05, 0.1) is 0 Å². The Morgan fingerprint density at radius 1 is 1.08 bits per heavy atom. The number of unbranched alkanes of at least 4 members (excludes halogenated alkanes) is 1. The first-order valence-electron chi connectivity index (χ1n) is 8.89. The van der Waals surface area contributed by atoms with Crippen molar-refractivity contribution in [3.8, 4) is 0 Å². The molecule has 1 N–H and O–H groups in total. The lowest BCUT2D eigenvalue weighted by Gasteiger charge is -2.16. The number of halogens is 1. The summed E-state index contributed by atoms with van der Waals surface area (Å²) >= 11 is 5.95. The number of nitrogens with zero attached hydrogens (tertiary/aromatic N) is 1. The second-order valence-corrected chi connectivity index (χ2v) is 6.73. The number of hydrogen-bond acceptors (Lipinski definition) is 2. The van der Waals surface area contributed by atoms with Crippen molar-refractivity contribution in [1.29, 1.82) is 0 Å². The van der Waals surface area contributed by atoms with Gasteiger partial charge in [-0.1, -0.05) is 37.1 Å². The topological polar surface area (TPSA) is 49.4 Å². The molecule has 0 saturated heterocycles. The van der Waals surface area contributed by atoms with Crippen LogP contribution in [0.2, 0.25) is 5.02 Å². The van der Waals surface area contributed by atoms with Crippen molar-refractivity contribution in [2.75, 3.05) is 20.1 Å². The Hall–Kier alpha value is -2.33. The number of carbonyl (C=O) groups is 2. The standard InChI is InChI=1S/C21H25ClN2O2/c1-3-4-14-24(2)21(26)18-10-8-17(9-11-18)20(25)23-13-12-16-6-5-7-19(22)15-16/h5-11,15H,3-4,12-14H2,1-2H3,(H,23,25). The molecule has 0 aromatic heterocycles. The van der Waals surface area contributed by atoms with Gasteiger partial charge in [-0.3, -0.25) is 9.59 Å². The zero-order chi connectivity index (χ0) is 18.9. The Bertz CT molecular complexity index is 744. The summed E-state index contributed by atoms with van der Waals surface area (Å²) in [5.41, 5.74) is 2.22. The Morgan fingerprint density at radius 3 is 2.42 bits per heavy atom. The van der Waals surface area contributed by atoms with Gasteiger partial charge < -0.3 is 10.2 Å². The molecule has 0 radical (unpaired) electrons. The highest BCUT2D eigenvalue weighted by Crippen LogP contribution is 2.11. The molecule has 2 aromatic rings. The van der Waals surface area contributed by atoms with Crippen molar-refractivity contribution in [3.05, 3.63) is 70.2 Å². The van der Waals surface area contributed by atoms with Gasteiger partial charge in [-0.2, -0.15) is 0 Å². The van der Waals surface area contributed by atoms with Gasteiger partial charge in [-0.05, 0) is 54.8 Å². The van der Waals surface area contributed by atoms with Crippen LogP contribution in [0.1, 0.15) is 46.0 Å². The van der Waals surface area contributed by atoms with Gasteiger partial charge in [0.2, 0.25) is 0 Å². The van der Waals surface area contributed by atoms with E-state index in [4.69, 9.17) is 11.6 Å². The summed E-state index contributed by atoms with van der Waals surface area (Å²) in [6.45, 7) is 3.36. The average Bonchev–Trinajstić information content (AvgIpc) is 2.65. The third-order valence-corrected chi connectivity index (χ3v) is 4.41. The van der Waals surface area contributed by atoms with Crippen molar-refractivity contribution in [1.82, 2.24) is 10.2 Å². The maximum Gasteiger partial charge on any atom is 0.253 e. The average molecular weight is 373 g/mol. The smallest absolute Gasteiger partial charge is 0.253 e. The molecule has 2 aromatic carbocycles. The zero-order valence-corrected chi connectivity index (χ0v) is 16.1. The van der Waals surface area contributed by atoms with Crippen LogP contribution < -0.4 is 5.32 Å². The van der Waals surface area contributed by atoms with Gasteiger partial charge >= 0.3 is 0 Å². The predicted molar refractivity (Wildman–Crippen MR) is 106 cm³/mol. The first-order chi connectivity index (χ1) is 12.5. The minimum Gasteiger partial charge on any atom is -0.352 e. The van der Waals surface area contributed by atoms with E-state index in [0.717, 1.165) is 24.9 Å². The Kier molecular flexibility index (Phi) is 7.67. The number of nitrogens with one attached hydrogen (secondary N) is 1. The summed E-state index contributed by atoms with van der Waals surface area (Å²) in [7, 11) is 1.80. The second-order valence-electron chi connectivity index (χ2n) is 6.29. The van der Waals surface area contributed by atoms with Crippen LogP contribution in [-0.4, -0.2) is 36.9 Å².